The second-order valence-corrected chi connectivity index (χ2v) is 9.49. The number of amides is 1. The number of pyridine rings is 1. The maximum Gasteiger partial charge on any atom is 0.278 e. The fraction of sp³-hybridized carbons (Fsp3) is 0.385. The number of fused-ring (bicyclic) bond motifs is 2. The topological polar surface area (TPSA) is 88.2 Å². The van der Waals surface area contributed by atoms with Crippen LogP contribution < -0.4 is 15.5 Å². The van der Waals surface area contributed by atoms with Crippen molar-refractivity contribution in [1.82, 2.24) is 15.0 Å². The molecule has 2 N–H and O–H groups in total. The number of benzene rings is 1. The van der Waals surface area contributed by atoms with E-state index in [-0.39, 0.29) is 17.4 Å². The van der Waals surface area contributed by atoms with E-state index in [9.17, 15) is 4.79 Å². The first-order valence-corrected chi connectivity index (χ1v) is 11.8. The minimum Gasteiger partial charge on any atom is -0.355 e. The van der Waals surface area contributed by atoms with E-state index in [1.807, 2.05) is 12.1 Å². The highest BCUT2D eigenvalue weighted by Gasteiger charge is 2.45. The van der Waals surface area contributed by atoms with Crippen LogP contribution in [0.25, 0.3) is 0 Å². The van der Waals surface area contributed by atoms with Crippen molar-refractivity contribution in [3.05, 3.63) is 77.5 Å². The second-order valence-electron chi connectivity index (χ2n) is 9.49. The molecule has 2 aliphatic heterocycles. The standard InChI is InChI=1S/C26H28N6O/c27-24-19-6-2-1-5-18(19)15-26(24)9-13-31(14-10-26)23-17-29-21(16-30-23)25(33)32-12-4-7-20-22(32)8-3-11-28-20/h1-3,5-6,8,11,16-17,24H,4,7,9-10,12-15,27H2/t24-/m1/s1. The first-order chi connectivity index (χ1) is 16.1. The van der Waals surface area contributed by atoms with Crippen LogP contribution in [-0.2, 0) is 12.8 Å². The molecule has 3 aliphatic rings. The Kier molecular flexibility index (Phi) is 4.87. The molecule has 1 aliphatic carbocycles. The third kappa shape index (κ3) is 3.38. The van der Waals surface area contributed by atoms with Crippen LogP contribution in [0.4, 0.5) is 11.5 Å². The monoisotopic (exact) mass is 440 g/mol. The molecular weight excluding hydrogens is 412 g/mol. The fourth-order valence-corrected chi connectivity index (χ4v) is 5.82. The summed E-state index contributed by atoms with van der Waals surface area (Å²) in [5.74, 6) is 0.710. The van der Waals surface area contributed by atoms with Crippen LogP contribution in [0.5, 0.6) is 0 Å². The van der Waals surface area contributed by atoms with Gasteiger partial charge in [0.05, 0.1) is 23.8 Å². The van der Waals surface area contributed by atoms with Gasteiger partial charge in [0, 0.05) is 31.9 Å². The molecule has 1 amide bonds. The molecule has 7 nitrogen and oxygen atoms in total. The van der Waals surface area contributed by atoms with Gasteiger partial charge < -0.3 is 15.5 Å². The summed E-state index contributed by atoms with van der Waals surface area (Å²) in [6.07, 6.45) is 10.1. The predicted octanol–water partition coefficient (Wildman–Crippen LogP) is 3.31. The van der Waals surface area contributed by atoms with Crippen LogP contribution >= 0.6 is 0 Å². The van der Waals surface area contributed by atoms with Gasteiger partial charge in [0.2, 0.25) is 0 Å². The first kappa shape index (κ1) is 20.3. The van der Waals surface area contributed by atoms with E-state index in [4.69, 9.17) is 5.73 Å². The van der Waals surface area contributed by atoms with Crippen molar-refractivity contribution in [3.63, 3.8) is 0 Å². The number of aryl methyl sites for hydroxylation is 1. The largest absolute Gasteiger partial charge is 0.355 e. The van der Waals surface area contributed by atoms with Gasteiger partial charge in [-0.2, -0.15) is 0 Å². The average Bonchev–Trinajstić information content (AvgIpc) is 3.15. The summed E-state index contributed by atoms with van der Waals surface area (Å²) in [5, 5.41) is 0. The Hall–Kier alpha value is -3.32. The molecule has 2 aromatic heterocycles. The molecule has 0 saturated carbocycles. The summed E-state index contributed by atoms with van der Waals surface area (Å²) in [5.41, 5.74) is 11.8. The number of piperidine rings is 1. The molecular formula is C26H28N6O. The zero-order valence-electron chi connectivity index (χ0n) is 18.7. The number of carbonyl (C=O) groups is 1. The first-order valence-electron chi connectivity index (χ1n) is 11.8. The molecule has 1 spiro atoms. The molecule has 7 heteroatoms. The Morgan fingerprint density at radius 3 is 2.64 bits per heavy atom. The number of hydrogen-bond donors (Lipinski definition) is 1. The summed E-state index contributed by atoms with van der Waals surface area (Å²) in [7, 11) is 0. The van der Waals surface area contributed by atoms with Crippen molar-refractivity contribution >= 4 is 17.4 Å². The van der Waals surface area contributed by atoms with Gasteiger partial charge in [0.1, 0.15) is 11.5 Å². The molecule has 4 heterocycles. The second kappa shape index (κ2) is 7.92. The number of anilines is 2. The van der Waals surface area contributed by atoms with Crippen LogP contribution in [0.15, 0.2) is 55.0 Å². The highest BCUT2D eigenvalue weighted by molar-refractivity contribution is 6.05. The SMILES string of the molecule is N[C@@H]1c2ccccc2CC12CCN(c1cnc(C(=O)N3CCCc4ncccc43)cn1)CC2. The molecule has 0 unspecified atom stereocenters. The van der Waals surface area contributed by atoms with Crippen LogP contribution in [-0.4, -0.2) is 40.5 Å². The third-order valence-electron chi connectivity index (χ3n) is 7.73. The highest BCUT2D eigenvalue weighted by Crippen LogP contribution is 2.50. The Morgan fingerprint density at radius 2 is 1.85 bits per heavy atom. The molecule has 1 fully saturated rings. The van der Waals surface area contributed by atoms with Crippen molar-refractivity contribution in [2.45, 2.75) is 38.1 Å². The van der Waals surface area contributed by atoms with Gasteiger partial charge in [-0.05, 0) is 60.8 Å². The summed E-state index contributed by atoms with van der Waals surface area (Å²) >= 11 is 0. The highest BCUT2D eigenvalue weighted by atomic mass is 16.2. The zero-order valence-corrected chi connectivity index (χ0v) is 18.7. The van der Waals surface area contributed by atoms with E-state index in [0.717, 1.165) is 62.4 Å². The predicted molar refractivity (Wildman–Crippen MR) is 127 cm³/mol. The summed E-state index contributed by atoms with van der Waals surface area (Å²) in [4.78, 5) is 30.7. The number of hydrogen-bond acceptors (Lipinski definition) is 6. The van der Waals surface area contributed by atoms with Crippen LogP contribution in [0.1, 0.15) is 52.6 Å². The van der Waals surface area contributed by atoms with Gasteiger partial charge in [0.15, 0.2) is 0 Å². The van der Waals surface area contributed by atoms with Gasteiger partial charge in [-0.25, -0.2) is 9.97 Å². The van der Waals surface area contributed by atoms with Crippen molar-refractivity contribution in [2.75, 3.05) is 29.4 Å². The molecule has 1 atom stereocenters. The molecule has 0 bridgehead atoms. The lowest BCUT2D eigenvalue weighted by Crippen LogP contribution is -2.44. The number of rotatable bonds is 2. The van der Waals surface area contributed by atoms with E-state index < -0.39 is 0 Å². The number of aromatic nitrogens is 3. The Balaban J connectivity index is 1.15. The summed E-state index contributed by atoms with van der Waals surface area (Å²) in [6, 6.07) is 12.5. The van der Waals surface area contributed by atoms with E-state index in [1.165, 1.54) is 11.1 Å². The molecule has 3 aromatic rings. The average molecular weight is 441 g/mol. The lowest BCUT2D eigenvalue weighted by atomic mass is 9.73. The Morgan fingerprint density at radius 1 is 1.00 bits per heavy atom. The minimum absolute atomic E-state index is 0.101. The summed E-state index contributed by atoms with van der Waals surface area (Å²) in [6.45, 7) is 2.47. The number of nitrogens with zero attached hydrogens (tertiary/aromatic N) is 5. The van der Waals surface area contributed by atoms with E-state index in [1.54, 1.807) is 23.5 Å². The van der Waals surface area contributed by atoms with E-state index in [2.05, 4.69) is 44.1 Å². The third-order valence-corrected chi connectivity index (χ3v) is 7.73. The van der Waals surface area contributed by atoms with Crippen molar-refractivity contribution < 1.29 is 4.79 Å². The van der Waals surface area contributed by atoms with Crippen molar-refractivity contribution in [1.29, 1.82) is 0 Å². The van der Waals surface area contributed by atoms with E-state index in [0.29, 0.717) is 12.2 Å². The maximum absolute atomic E-state index is 13.1. The van der Waals surface area contributed by atoms with Gasteiger partial charge in [-0.15, -0.1) is 0 Å². The van der Waals surface area contributed by atoms with Gasteiger partial charge in [-0.3, -0.25) is 9.78 Å². The molecule has 1 aromatic carbocycles. The molecule has 0 radical (unpaired) electrons. The molecule has 33 heavy (non-hydrogen) atoms. The normalized spacial score (nSPS) is 21.1. The van der Waals surface area contributed by atoms with Gasteiger partial charge in [-0.1, -0.05) is 24.3 Å². The zero-order chi connectivity index (χ0) is 22.4. The Bertz CT molecular complexity index is 1190. The number of nitrogens with two attached hydrogens (primary N) is 1. The smallest absolute Gasteiger partial charge is 0.278 e. The molecule has 1 saturated heterocycles. The number of carbonyl (C=O) groups excluding carboxylic acids is 1. The lowest BCUT2D eigenvalue weighted by Gasteiger charge is -2.42. The van der Waals surface area contributed by atoms with Crippen molar-refractivity contribution in [3.8, 4) is 0 Å². The van der Waals surface area contributed by atoms with Crippen LogP contribution in [0.3, 0.4) is 0 Å². The van der Waals surface area contributed by atoms with Gasteiger partial charge in [0.25, 0.3) is 5.91 Å². The van der Waals surface area contributed by atoms with Crippen molar-refractivity contribution in [2.24, 2.45) is 11.1 Å². The molecule has 6 rings (SSSR count). The quantitative estimate of drug-likeness (QED) is 0.658. The maximum atomic E-state index is 13.1. The van der Waals surface area contributed by atoms with Crippen LogP contribution in [0.2, 0.25) is 0 Å². The summed E-state index contributed by atoms with van der Waals surface area (Å²) < 4.78 is 0. The molecule has 168 valence electrons. The lowest BCUT2D eigenvalue weighted by molar-refractivity contribution is 0.0979. The minimum atomic E-state index is -0.115. The van der Waals surface area contributed by atoms with E-state index >= 15 is 0 Å². The fourth-order valence-electron chi connectivity index (χ4n) is 5.82. The van der Waals surface area contributed by atoms with Gasteiger partial charge >= 0.3 is 0 Å². The Labute approximate surface area is 193 Å². The van der Waals surface area contributed by atoms with Crippen LogP contribution in [0, 0.1) is 5.41 Å².